The van der Waals surface area contributed by atoms with Crippen LogP contribution in [0.1, 0.15) is 15.9 Å². The molecule has 0 saturated heterocycles. The summed E-state index contributed by atoms with van der Waals surface area (Å²) in [5, 5.41) is 5.46. The number of ether oxygens (including phenoxy) is 1. The highest BCUT2D eigenvalue weighted by molar-refractivity contribution is 7.89. The Bertz CT molecular complexity index is 1400. The molecule has 0 bridgehead atoms. The van der Waals surface area contributed by atoms with Gasteiger partial charge in [0.25, 0.3) is 10.0 Å². The minimum Gasteiger partial charge on any atom is -0.423 e. The Balaban J connectivity index is 1.42. The van der Waals surface area contributed by atoms with Crippen molar-refractivity contribution in [3.05, 3.63) is 108 Å². The SMILES string of the molecule is O=C(Oc1ccc(C=NNS(=O)(=O)c2ccc(F)cc2)cc1)c1cccc2ccccc12. The largest absolute Gasteiger partial charge is 0.423 e. The topological polar surface area (TPSA) is 84.8 Å². The molecule has 0 spiro atoms. The van der Waals surface area contributed by atoms with E-state index in [4.69, 9.17) is 4.74 Å². The lowest BCUT2D eigenvalue weighted by atomic mass is 10.0. The Morgan fingerprint density at radius 3 is 2.31 bits per heavy atom. The third-order valence-corrected chi connectivity index (χ3v) is 5.85. The molecule has 0 fully saturated rings. The maximum absolute atomic E-state index is 12.9. The fraction of sp³-hybridized carbons (Fsp3) is 0. The molecule has 32 heavy (non-hydrogen) atoms. The first-order valence-corrected chi connectivity index (χ1v) is 11.0. The van der Waals surface area contributed by atoms with Gasteiger partial charge in [-0.2, -0.15) is 13.5 Å². The van der Waals surface area contributed by atoms with E-state index in [1.54, 1.807) is 36.4 Å². The number of fused-ring (bicyclic) bond motifs is 1. The minimum atomic E-state index is -3.90. The lowest BCUT2D eigenvalue weighted by Gasteiger charge is -2.07. The van der Waals surface area contributed by atoms with Gasteiger partial charge >= 0.3 is 5.97 Å². The first-order chi connectivity index (χ1) is 15.4. The van der Waals surface area contributed by atoms with Crippen LogP contribution in [-0.4, -0.2) is 20.6 Å². The van der Waals surface area contributed by atoms with E-state index in [-0.39, 0.29) is 4.90 Å². The van der Waals surface area contributed by atoms with Crippen LogP contribution in [0.4, 0.5) is 4.39 Å². The van der Waals surface area contributed by atoms with E-state index in [2.05, 4.69) is 9.93 Å². The summed E-state index contributed by atoms with van der Waals surface area (Å²) in [6.45, 7) is 0. The summed E-state index contributed by atoms with van der Waals surface area (Å²) in [7, 11) is -3.90. The summed E-state index contributed by atoms with van der Waals surface area (Å²) in [4.78, 5) is 14.6. The molecule has 160 valence electrons. The molecule has 4 aromatic rings. The highest BCUT2D eigenvalue weighted by Crippen LogP contribution is 2.21. The smallest absolute Gasteiger partial charge is 0.344 e. The van der Waals surface area contributed by atoms with Crippen molar-refractivity contribution in [2.75, 3.05) is 0 Å². The second-order valence-corrected chi connectivity index (χ2v) is 8.45. The number of halogens is 1. The predicted molar refractivity (Wildman–Crippen MR) is 120 cm³/mol. The van der Waals surface area contributed by atoms with E-state index in [0.717, 1.165) is 35.0 Å². The maximum Gasteiger partial charge on any atom is 0.344 e. The van der Waals surface area contributed by atoms with Gasteiger partial charge in [-0.05, 0) is 70.9 Å². The van der Waals surface area contributed by atoms with Crippen molar-refractivity contribution in [2.24, 2.45) is 5.10 Å². The minimum absolute atomic E-state index is 0.105. The number of hydrogen-bond donors (Lipinski definition) is 1. The monoisotopic (exact) mass is 448 g/mol. The summed E-state index contributed by atoms with van der Waals surface area (Å²) in [5.41, 5.74) is 1.04. The molecule has 0 amide bonds. The van der Waals surface area contributed by atoms with Crippen LogP contribution in [0.25, 0.3) is 10.8 Å². The van der Waals surface area contributed by atoms with E-state index in [1.165, 1.54) is 6.21 Å². The zero-order chi connectivity index (χ0) is 22.6. The van der Waals surface area contributed by atoms with Gasteiger partial charge in [-0.3, -0.25) is 0 Å². The third kappa shape index (κ3) is 4.81. The summed E-state index contributed by atoms with van der Waals surface area (Å²) < 4.78 is 42.7. The van der Waals surface area contributed by atoms with Crippen LogP contribution in [0.3, 0.4) is 0 Å². The standard InChI is InChI=1S/C24H17FN2O4S/c25-19-10-14-21(15-11-19)32(29,30)27-26-16-17-8-12-20(13-9-17)31-24(28)23-7-3-5-18-4-1-2-6-22(18)23/h1-16,27H. The van der Waals surface area contributed by atoms with Crippen molar-refractivity contribution in [3.8, 4) is 5.75 Å². The molecular weight excluding hydrogens is 431 g/mol. The van der Waals surface area contributed by atoms with E-state index < -0.39 is 21.8 Å². The number of esters is 1. The normalized spacial score (nSPS) is 11.5. The summed E-state index contributed by atoms with van der Waals surface area (Å²) >= 11 is 0. The zero-order valence-electron chi connectivity index (χ0n) is 16.6. The number of carbonyl (C=O) groups excluding carboxylic acids is 1. The predicted octanol–water partition coefficient (Wildman–Crippen LogP) is 4.51. The Hall–Kier alpha value is -4.04. The van der Waals surface area contributed by atoms with Gasteiger partial charge in [0.15, 0.2) is 0 Å². The van der Waals surface area contributed by atoms with E-state index in [9.17, 15) is 17.6 Å². The van der Waals surface area contributed by atoms with Gasteiger partial charge in [0.05, 0.1) is 16.7 Å². The summed E-state index contributed by atoms with van der Waals surface area (Å²) in [6.07, 6.45) is 1.30. The van der Waals surface area contributed by atoms with Crippen LogP contribution in [0, 0.1) is 5.82 Å². The molecule has 0 aromatic heterocycles. The number of nitrogens with one attached hydrogen (secondary N) is 1. The van der Waals surface area contributed by atoms with Gasteiger partial charge in [0, 0.05) is 0 Å². The Kier molecular flexibility index (Phi) is 5.96. The molecule has 0 saturated carbocycles. The van der Waals surface area contributed by atoms with Crippen molar-refractivity contribution in [3.63, 3.8) is 0 Å². The van der Waals surface area contributed by atoms with Crippen LogP contribution in [0.5, 0.6) is 5.75 Å². The molecule has 0 unspecified atom stereocenters. The highest BCUT2D eigenvalue weighted by atomic mass is 32.2. The van der Waals surface area contributed by atoms with Crippen LogP contribution < -0.4 is 9.57 Å². The Morgan fingerprint density at radius 1 is 0.875 bits per heavy atom. The average Bonchev–Trinajstić information content (AvgIpc) is 2.80. The quantitative estimate of drug-likeness (QED) is 0.204. The van der Waals surface area contributed by atoms with Gasteiger partial charge in [0.2, 0.25) is 0 Å². The Labute approximate surface area is 184 Å². The van der Waals surface area contributed by atoms with Gasteiger partial charge in [-0.1, -0.05) is 36.4 Å². The number of hydrazone groups is 1. The maximum atomic E-state index is 12.9. The van der Waals surface area contributed by atoms with Crippen LogP contribution >= 0.6 is 0 Å². The summed E-state index contributed by atoms with van der Waals surface area (Å²) in [6, 6.07) is 23.8. The molecule has 0 aliphatic heterocycles. The van der Waals surface area contributed by atoms with Gasteiger partial charge in [-0.25, -0.2) is 14.0 Å². The molecule has 1 N–H and O–H groups in total. The second kappa shape index (κ2) is 8.99. The fourth-order valence-corrected chi connectivity index (χ4v) is 3.82. The van der Waals surface area contributed by atoms with Crippen molar-refractivity contribution in [1.29, 1.82) is 0 Å². The first-order valence-electron chi connectivity index (χ1n) is 9.53. The van der Waals surface area contributed by atoms with Crippen molar-refractivity contribution in [2.45, 2.75) is 4.90 Å². The number of benzene rings is 4. The van der Waals surface area contributed by atoms with Crippen LogP contribution in [0.15, 0.2) is 101 Å². The number of sulfonamides is 1. The lowest BCUT2D eigenvalue weighted by Crippen LogP contribution is -2.18. The second-order valence-electron chi connectivity index (χ2n) is 6.79. The van der Waals surface area contributed by atoms with Crippen molar-refractivity contribution in [1.82, 2.24) is 4.83 Å². The molecule has 0 heterocycles. The highest BCUT2D eigenvalue weighted by Gasteiger charge is 2.13. The summed E-state index contributed by atoms with van der Waals surface area (Å²) in [5.74, 6) is -0.670. The third-order valence-electron chi connectivity index (χ3n) is 4.61. The molecule has 0 aliphatic carbocycles. The molecule has 6 nitrogen and oxygen atoms in total. The number of hydrogen-bond acceptors (Lipinski definition) is 5. The molecule has 0 radical (unpaired) electrons. The van der Waals surface area contributed by atoms with Crippen molar-refractivity contribution >= 4 is 33.0 Å². The van der Waals surface area contributed by atoms with Crippen LogP contribution in [-0.2, 0) is 10.0 Å². The molecule has 4 aromatic carbocycles. The number of nitrogens with zero attached hydrogens (tertiary/aromatic N) is 1. The zero-order valence-corrected chi connectivity index (χ0v) is 17.4. The molecule has 0 atom stereocenters. The van der Waals surface area contributed by atoms with Gasteiger partial charge < -0.3 is 4.74 Å². The average molecular weight is 448 g/mol. The Morgan fingerprint density at radius 2 is 1.56 bits per heavy atom. The van der Waals surface area contributed by atoms with Crippen molar-refractivity contribution < 1.29 is 22.3 Å². The molecular formula is C24H17FN2O4S. The van der Waals surface area contributed by atoms with E-state index >= 15 is 0 Å². The van der Waals surface area contributed by atoms with Gasteiger partial charge in [0.1, 0.15) is 11.6 Å². The van der Waals surface area contributed by atoms with Crippen LogP contribution in [0.2, 0.25) is 0 Å². The fourth-order valence-electron chi connectivity index (χ4n) is 3.02. The number of rotatable bonds is 6. The van der Waals surface area contributed by atoms with E-state index in [0.29, 0.717) is 16.9 Å². The molecule has 0 aliphatic rings. The molecule has 8 heteroatoms. The molecule has 4 rings (SSSR count). The van der Waals surface area contributed by atoms with Gasteiger partial charge in [-0.15, -0.1) is 0 Å². The lowest BCUT2D eigenvalue weighted by molar-refractivity contribution is 0.0737. The van der Waals surface area contributed by atoms with E-state index in [1.807, 2.05) is 30.3 Å². The first kappa shape index (κ1) is 21.2. The number of carbonyl (C=O) groups is 1.